The Kier molecular flexibility index (Phi) is 3.57. The maximum absolute atomic E-state index is 11.2. The number of aliphatic carboxylic acids is 2. The van der Waals surface area contributed by atoms with Crippen LogP contribution in [-0.2, 0) is 9.59 Å². The second-order valence-corrected chi connectivity index (χ2v) is 4.75. The topological polar surface area (TPSA) is 74.6 Å². The lowest BCUT2D eigenvalue weighted by molar-refractivity contribution is -0.146. The van der Waals surface area contributed by atoms with E-state index in [0.29, 0.717) is 16.5 Å². The molecule has 1 unspecified atom stereocenters. The van der Waals surface area contributed by atoms with Crippen LogP contribution in [0.1, 0.15) is 26.7 Å². The van der Waals surface area contributed by atoms with Gasteiger partial charge in [-0.15, -0.1) is 0 Å². The van der Waals surface area contributed by atoms with Crippen molar-refractivity contribution in [2.75, 3.05) is 0 Å². The minimum Gasteiger partial charge on any atom is -0.481 e. The molecule has 16 heavy (non-hydrogen) atoms. The minimum atomic E-state index is -1.11. The van der Waals surface area contributed by atoms with Crippen molar-refractivity contribution >= 4 is 27.9 Å². The first kappa shape index (κ1) is 13.0. The molecule has 88 valence electrons. The van der Waals surface area contributed by atoms with Crippen molar-refractivity contribution in [2.24, 2.45) is 5.41 Å². The van der Waals surface area contributed by atoms with Crippen molar-refractivity contribution in [2.45, 2.75) is 26.7 Å². The Morgan fingerprint density at radius 2 is 2.06 bits per heavy atom. The Morgan fingerprint density at radius 1 is 1.50 bits per heavy atom. The Balaban J connectivity index is 3.28. The molecule has 0 heterocycles. The highest BCUT2D eigenvalue weighted by Gasteiger charge is 2.40. The quantitative estimate of drug-likeness (QED) is 0.837. The minimum absolute atomic E-state index is 0.0368. The molecule has 0 spiro atoms. The summed E-state index contributed by atoms with van der Waals surface area (Å²) in [5, 5.41) is 18.2. The van der Waals surface area contributed by atoms with Crippen molar-refractivity contribution in [3.8, 4) is 0 Å². The Hall–Kier alpha value is -1.10. The molecular weight excluding hydrogens is 276 g/mol. The van der Waals surface area contributed by atoms with Gasteiger partial charge in [0.25, 0.3) is 0 Å². The first-order valence-electron chi connectivity index (χ1n) is 4.89. The molecule has 2 N–H and O–H groups in total. The van der Waals surface area contributed by atoms with E-state index in [0.717, 1.165) is 0 Å². The van der Waals surface area contributed by atoms with Gasteiger partial charge in [0, 0.05) is 10.1 Å². The van der Waals surface area contributed by atoms with Gasteiger partial charge in [0.2, 0.25) is 0 Å². The van der Waals surface area contributed by atoms with Crippen LogP contribution < -0.4 is 0 Å². The number of allylic oxidation sites excluding steroid dienone is 2. The van der Waals surface area contributed by atoms with E-state index in [1.54, 1.807) is 19.9 Å². The molecule has 1 rings (SSSR count). The standard InChI is InChI=1S/C11H13BrO4/c1-3-11(10(15)16)4-7(9(13)14)6(2)8(12)5-11/h5H,3-4H2,1-2H3,(H,13,14)(H,15,16). The average Bonchev–Trinajstić information content (AvgIpc) is 2.21. The maximum atomic E-state index is 11.2. The molecular formula is C11H13BrO4. The van der Waals surface area contributed by atoms with Crippen LogP contribution in [0.15, 0.2) is 21.7 Å². The molecule has 0 radical (unpaired) electrons. The normalized spacial score (nSPS) is 25.3. The van der Waals surface area contributed by atoms with Gasteiger partial charge in [-0.3, -0.25) is 4.79 Å². The fourth-order valence-electron chi connectivity index (χ4n) is 1.75. The lowest BCUT2D eigenvalue weighted by atomic mass is 9.74. The van der Waals surface area contributed by atoms with Crippen molar-refractivity contribution in [3.05, 3.63) is 21.7 Å². The highest BCUT2D eigenvalue weighted by Crippen LogP contribution is 2.42. The highest BCUT2D eigenvalue weighted by atomic mass is 79.9. The monoisotopic (exact) mass is 288 g/mol. The first-order chi connectivity index (χ1) is 7.34. The molecule has 1 atom stereocenters. The summed E-state index contributed by atoms with van der Waals surface area (Å²) in [6.07, 6.45) is 1.99. The summed E-state index contributed by atoms with van der Waals surface area (Å²) in [7, 11) is 0. The van der Waals surface area contributed by atoms with Crippen molar-refractivity contribution in [3.63, 3.8) is 0 Å². The third-order valence-corrected chi connectivity index (χ3v) is 3.84. The third kappa shape index (κ3) is 2.04. The molecule has 0 aliphatic heterocycles. The second-order valence-electron chi connectivity index (χ2n) is 3.89. The van der Waals surface area contributed by atoms with Gasteiger partial charge in [0.05, 0.1) is 5.41 Å². The van der Waals surface area contributed by atoms with Crippen LogP contribution in [0.25, 0.3) is 0 Å². The smallest absolute Gasteiger partial charge is 0.331 e. The van der Waals surface area contributed by atoms with Gasteiger partial charge in [-0.05, 0) is 25.3 Å². The molecule has 0 saturated carbocycles. The van der Waals surface area contributed by atoms with E-state index < -0.39 is 17.4 Å². The van der Waals surface area contributed by atoms with Crippen LogP contribution in [0.4, 0.5) is 0 Å². The Bertz CT molecular complexity index is 408. The number of hydrogen-bond donors (Lipinski definition) is 2. The van der Waals surface area contributed by atoms with Crippen LogP contribution in [-0.4, -0.2) is 22.2 Å². The number of carbonyl (C=O) groups is 2. The van der Waals surface area contributed by atoms with E-state index in [2.05, 4.69) is 15.9 Å². The summed E-state index contributed by atoms with van der Waals surface area (Å²) in [5.41, 5.74) is -0.344. The highest BCUT2D eigenvalue weighted by molar-refractivity contribution is 9.12. The zero-order chi connectivity index (χ0) is 12.5. The van der Waals surface area contributed by atoms with Crippen molar-refractivity contribution < 1.29 is 19.8 Å². The predicted octanol–water partition coefficient (Wildman–Crippen LogP) is 2.55. The van der Waals surface area contributed by atoms with Crippen molar-refractivity contribution in [1.29, 1.82) is 0 Å². The van der Waals surface area contributed by atoms with E-state index >= 15 is 0 Å². The molecule has 0 saturated heterocycles. The third-order valence-electron chi connectivity index (χ3n) is 3.02. The number of carboxylic acids is 2. The average molecular weight is 289 g/mol. The number of rotatable bonds is 3. The largest absolute Gasteiger partial charge is 0.481 e. The summed E-state index contributed by atoms with van der Waals surface area (Å²) in [6.45, 7) is 3.41. The maximum Gasteiger partial charge on any atom is 0.331 e. The zero-order valence-electron chi connectivity index (χ0n) is 9.08. The Morgan fingerprint density at radius 3 is 2.44 bits per heavy atom. The van der Waals surface area contributed by atoms with Gasteiger partial charge in [-0.2, -0.15) is 0 Å². The van der Waals surface area contributed by atoms with Gasteiger partial charge < -0.3 is 10.2 Å². The summed E-state index contributed by atoms with van der Waals surface area (Å²) in [5.74, 6) is -2.04. The van der Waals surface area contributed by atoms with Gasteiger partial charge in [0.15, 0.2) is 0 Å². The first-order valence-corrected chi connectivity index (χ1v) is 5.68. The SMILES string of the molecule is CCC1(C(=O)O)C=C(Br)C(C)=C(C(=O)O)C1. The zero-order valence-corrected chi connectivity index (χ0v) is 10.7. The van der Waals surface area contributed by atoms with E-state index in [1.807, 2.05) is 0 Å². The Labute approximate surface area is 102 Å². The number of halogens is 1. The lowest BCUT2D eigenvalue weighted by Crippen LogP contribution is -2.32. The molecule has 1 aliphatic carbocycles. The second kappa shape index (κ2) is 4.41. The summed E-state index contributed by atoms with van der Waals surface area (Å²) in [4.78, 5) is 22.3. The number of carboxylic acid groups (broad SMARTS) is 2. The predicted molar refractivity (Wildman–Crippen MR) is 62.3 cm³/mol. The summed E-state index contributed by atoms with van der Waals surface area (Å²) >= 11 is 3.22. The molecule has 0 aromatic heterocycles. The van der Waals surface area contributed by atoms with Gasteiger partial charge in [-0.25, -0.2) is 4.79 Å². The summed E-state index contributed by atoms with van der Waals surface area (Å²) in [6, 6.07) is 0. The molecule has 0 fully saturated rings. The van der Waals surface area contributed by atoms with Crippen LogP contribution in [0.3, 0.4) is 0 Å². The molecule has 0 aromatic rings. The van der Waals surface area contributed by atoms with Crippen molar-refractivity contribution in [1.82, 2.24) is 0 Å². The van der Waals surface area contributed by atoms with E-state index in [-0.39, 0.29) is 12.0 Å². The molecule has 0 amide bonds. The number of hydrogen-bond acceptors (Lipinski definition) is 2. The van der Waals surface area contributed by atoms with Crippen LogP contribution in [0.5, 0.6) is 0 Å². The van der Waals surface area contributed by atoms with Crippen LogP contribution in [0, 0.1) is 5.41 Å². The van der Waals surface area contributed by atoms with Gasteiger partial charge >= 0.3 is 11.9 Å². The van der Waals surface area contributed by atoms with Crippen LogP contribution >= 0.6 is 15.9 Å². The van der Waals surface area contributed by atoms with Gasteiger partial charge in [-0.1, -0.05) is 28.9 Å². The van der Waals surface area contributed by atoms with Crippen LogP contribution in [0.2, 0.25) is 0 Å². The molecule has 1 aliphatic rings. The summed E-state index contributed by atoms with van der Waals surface area (Å²) < 4.78 is 0.556. The lowest BCUT2D eigenvalue weighted by Gasteiger charge is -2.30. The molecule has 0 bridgehead atoms. The van der Waals surface area contributed by atoms with E-state index in [9.17, 15) is 14.7 Å². The molecule has 0 aromatic carbocycles. The van der Waals surface area contributed by atoms with E-state index in [1.165, 1.54) is 0 Å². The van der Waals surface area contributed by atoms with E-state index in [4.69, 9.17) is 5.11 Å². The van der Waals surface area contributed by atoms with Gasteiger partial charge in [0.1, 0.15) is 0 Å². The molecule has 4 nitrogen and oxygen atoms in total. The fraction of sp³-hybridized carbons (Fsp3) is 0.455. The fourth-order valence-corrected chi connectivity index (χ4v) is 2.42. The molecule has 5 heteroatoms.